The molecule has 1 aliphatic rings. The molecule has 0 aliphatic carbocycles. The summed E-state index contributed by atoms with van der Waals surface area (Å²) >= 11 is 0. The van der Waals surface area contributed by atoms with Gasteiger partial charge in [0.1, 0.15) is 24.0 Å². The van der Waals surface area contributed by atoms with Gasteiger partial charge in [-0.15, -0.1) is 0 Å². The summed E-state index contributed by atoms with van der Waals surface area (Å²) in [7, 11) is 1.60. The Labute approximate surface area is 146 Å². The van der Waals surface area contributed by atoms with Crippen LogP contribution < -0.4 is 20.1 Å². The monoisotopic (exact) mass is 340 g/mol. The number of methoxy groups -OCH3 is 1. The lowest BCUT2D eigenvalue weighted by Crippen LogP contribution is -2.39. The predicted molar refractivity (Wildman–Crippen MR) is 92.5 cm³/mol. The molecule has 6 heteroatoms. The molecule has 1 atom stereocenters. The molecule has 0 saturated carbocycles. The minimum absolute atomic E-state index is 0.0619. The van der Waals surface area contributed by atoms with Crippen LogP contribution in [0.5, 0.6) is 11.5 Å². The van der Waals surface area contributed by atoms with Gasteiger partial charge in [0.05, 0.1) is 13.7 Å². The number of para-hydroxylation sites is 1. The number of carbonyl (C=O) groups excluding carboxylic acids is 2. The zero-order chi connectivity index (χ0) is 17.6. The van der Waals surface area contributed by atoms with Gasteiger partial charge in [0.2, 0.25) is 11.8 Å². The average molecular weight is 340 g/mol. The molecule has 0 bridgehead atoms. The summed E-state index contributed by atoms with van der Waals surface area (Å²) in [6, 6.07) is 14.9. The fourth-order valence-electron chi connectivity index (χ4n) is 2.68. The summed E-state index contributed by atoms with van der Waals surface area (Å²) < 4.78 is 10.6. The maximum atomic E-state index is 12.3. The molecule has 3 rings (SSSR count). The van der Waals surface area contributed by atoms with Crippen LogP contribution in [-0.4, -0.2) is 32.1 Å². The van der Waals surface area contributed by atoms with Gasteiger partial charge in [0.25, 0.3) is 0 Å². The number of carbonyl (C=O) groups is 2. The zero-order valence-electron chi connectivity index (χ0n) is 14.0. The number of hydrogen-bond acceptors (Lipinski definition) is 4. The van der Waals surface area contributed by atoms with Crippen LogP contribution in [-0.2, 0) is 16.1 Å². The summed E-state index contributed by atoms with van der Waals surface area (Å²) in [6.45, 7) is 0.639. The molecule has 2 amide bonds. The average Bonchev–Trinajstić information content (AvgIpc) is 3.09. The predicted octanol–water partition coefficient (Wildman–Crippen LogP) is 1.60. The maximum Gasteiger partial charge on any atom is 0.239 e. The summed E-state index contributed by atoms with van der Waals surface area (Å²) in [6.07, 6.45) is 0. The van der Waals surface area contributed by atoms with Crippen molar-refractivity contribution in [3.8, 4) is 11.5 Å². The zero-order valence-corrected chi connectivity index (χ0v) is 14.0. The van der Waals surface area contributed by atoms with Crippen molar-refractivity contribution in [1.82, 2.24) is 10.6 Å². The van der Waals surface area contributed by atoms with Crippen LogP contribution in [0.3, 0.4) is 0 Å². The van der Waals surface area contributed by atoms with Gasteiger partial charge < -0.3 is 20.1 Å². The van der Waals surface area contributed by atoms with Gasteiger partial charge in [-0.2, -0.15) is 0 Å². The smallest absolute Gasteiger partial charge is 0.239 e. The molecule has 1 unspecified atom stereocenters. The van der Waals surface area contributed by atoms with E-state index in [0.717, 1.165) is 22.6 Å². The normalized spacial score (nSPS) is 15.0. The van der Waals surface area contributed by atoms with Crippen LogP contribution in [0.2, 0.25) is 0 Å². The van der Waals surface area contributed by atoms with Crippen LogP contribution in [0.15, 0.2) is 48.5 Å². The molecule has 130 valence electrons. The first-order valence-electron chi connectivity index (χ1n) is 8.06. The molecule has 1 aliphatic heterocycles. The highest BCUT2D eigenvalue weighted by Crippen LogP contribution is 2.33. The molecular formula is C19H20N2O4. The summed E-state index contributed by atoms with van der Waals surface area (Å²) in [4.78, 5) is 24.2. The number of fused-ring (bicyclic) bond motifs is 1. The van der Waals surface area contributed by atoms with Crippen LogP contribution >= 0.6 is 0 Å². The van der Waals surface area contributed by atoms with Crippen LogP contribution in [0.4, 0.5) is 0 Å². The standard InChI is InChI=1S/C19H20N2O4/c1-24-14-8-6-13(7-9-14)10-20-18(22)11-21-19(23)16-12-25-17-5-3-2-4-15(16)17/h2-9,16H,10-12H2,1H3,(H,20,22)(H,21,23). The van der Waals surface area contributed by atoms with E-state index in [1.165, 1.54) is 0 Å². The fourth-order valence-corrected chi connectivity index (χ4v) is 2.68. The Hall–Kier alpha value is -3.02. The third kappa shape index (κ3) is 4.09. The first-order valence-corrected chi connectivity index (χ1v) is 8.06. The van der Waals surface area contributed by atoms with Crippen molar-refractivity contribution in [2.75, 3.05) is 20.3 Å². The van der Waals surface area contributed by atoms with E-state index >= 15 is 0 Å². The summed E-state index contributed by atoms with van der Waals surface area (Å²) in [5.41, 5.74) is 1.82. The van der Waals surface area contributed by atoms with Gasteiger partial charge in [0.15, 0.2) is 0 Å². The number of benzene rings is 2. The molecule has 25 heavy (non-hydrogen) atoms. The van der Waals surface area contributed by atoms with Crippen molar-refractivity contribution >= 4 is 11.8 Å². The van der Waals surface area contributed by atoms with E-state index in [4.69, 9.17) is 9.47 Å². The van der Waals surface area contributed by atoms with Crippen molar-refractivity contribution in [3.05, 3.63) is 59.7 Å². The van der Waals surface area contributed by atoms with Crippen molar-refractivity contribution in [3.63, 3.8) is 0 Å². The van der Waals surface area contributed by atoms with Gasteiger partial charge >= 0.3 is 0 Å². The Kier molecular flexibility index (Phi) is 5.18. The molecule has 1 heterocycles. The number of nitrogens with one attached hydrogen (secondary N) is 2. The molecule has 6 nitrogen and oxygen atoms in total. The van der Waals surface area contributed by atoms with Gasteiger partial charge in [0, 0.05) is 12.1 Å². The van der Waals surface area contributed by atoms with Gasteiger partial charge in [-0.1, -0.05) is 30.3 Å². The first-order chi connectivity index (χ1) is 12.2. The number of amides is 2. The summed E-state index contributed by atoms with van der Waals surface area (Å²) in [5, 5.41) is 5.44. The third-order valence-corrected chi connectivity index (χ3v) is 4.09. The van der Waals surface area contributed by atoms with Crippen molar-refractivity contribution in [1.29, 1.82) is 0 Å². The number of rotatable bonds is 6. The summed E-state index contributed by atoms with van der Waals surface area (Å²) in [5.74, 6) is 0.680. The lowest BCUT2D eigenvalue weighted by atomic mass is 10.0. The molecule has 0 fully saturated rings. The molecule has 0 saturated heterocycles. The van der Waals surface area contributed by atoms with Crippen molar-refractivity contribution in [2.24, 2.45) is 0 Å². The maximum absolute atomic E-state index is 12.3. The lowest BCUT2D eigenvalue weighted by Gasteiger charge is -2.11. The van der Waals surface area contributed by atoms with E-state index in [-0.39, 0.29) is 24.3 Å². The second-order valence-electron chi connectivity index (χ2n) is 5.74. The van der Waals surface area contributed by atoms with E-state index < -0.39 is 0 Å². The topological polar surface area (TPSA) is 76.7 Å². The van der Waals surface area contributed by atoms with Gasteiger partial charge in [-0.25, -0.2) is 0 Å². The minimum Gasteiger partial charge on any atom is -0.497 e. The van der Waals surface area contributed by atoms with Gasteiger partial charge in [-0.05, 0) is 23.8 Å². The largest absolute Gasteiger partial charge is 0.497 e. The Morgan fingerprint density at radius 2 is 1.88 bits per heavy atom. The van der Waals surface area contributed by atoms with Crippen molar-refractivity contribution < 1.29 is 19.1 Å². The Morgan fingerprint density at radius 3 is 2.64 bits per heavy atom. The number of hydrogen-bond donors (Lipinski definition) is 2. The minimum atomic E-state index is -0.370. The van der Waals surface area contributed by atoms with E-state index in [2.05, 4.69) is 10.6 Å². The van der Waals surface area contributed by atoms with Gasteiger partial charge in [-0.3, -0.25) is 9.59 Å². The molecular weight excluding hydrogens is 320 g/mol. The highest BCUT2D eigenvalue weighted by Gasteiger charge is 2.29. The van der Waals surface area contributed by atoms with Crippen molar-refractivity contribution in [2.45, 2.75) is 12.5 Å². The fraction of sp³-hybridized carbons (Fsp3) is 0.263. The second kappa shape index (κ2) is 7.70. The molecule has 2 aromatic rings. The van der Waals surface area contributed by atoms with Crippen LogP contribution in [0.25, 0.3) is 0 Å². The first kappa shape index (κ1) is 16.8. The number of ether oxygens (including phenoxy) is 2. The Balaban J connectivity index is 1.45. The SMILES string of the molecule is COc1ccc(CNC(=O)CNC(=O)C2COc3ccccc32)cc1. The van der Waals surface area contributed by atoms with E-state index in [1.807, 2.05) is 48.5 Å². The van der Waals surface area contributed by atoms with E-state index in [1.54, 1.807) is 7.11 Å². The quantitative estimate of drug-likeness (QED) is 0.837. The Morgan fingerprint density at radius 1 is 1.12 bits per heavy atom. The lowest BCUT2D eigenvalue weighted by molar-refractivity contribution is -0.127. The molecule has 0 aromatic heterocycles. The highest BCUT2D eigenvalue weighted by atomic mass is 16.5. The van der Waals surface area contributed by atoms with E-state index in [0.29, 0.717) is 13.2 Å². The van der Waals surface area contributed by atoms with Crippen LogP contribution in [0, 0.1) is 0 Å². The third-order valence-electron chi connectivity index (χ3n) is 4.09. The molecule has 2 aromatic carbocycles. The molecule has 0 radical (unpaired) electrons. The highest BCUT2D eigenvalue weighted by molar-refractivity contribution is 5.89. The molecule has 0 spiro atoms. The Bertz CT molecular complexity index is 758. The van der Waals surface area contributed by atoms with Crippen LogP contribution in [0.1, 0.15) is 17.0 Å². The molecule has 2 N–H and O–H groups in total. The van der Waals surface area contributed by atoms with E-state index in [9.17, 15) is 9.59 Å². The second-order valence-corrected chi connectivity index (χ2v) is 5.74.